The number of aryl methyl sites for hydroxylation is 1. The first kappa shape index (κ1) is 25.6. The van der Waals surface area contributed by atoms with Gasteiger partial charge in [-0.1, -0.05) is 36.4 Å². The van der Waals surface area contributed by atoms with Crippen molar-refractivity contribution in [1.29, 1.82) is 0 Å². The molecule has 0 spiro atoms. The van der Waals surface area contributed by atoms with Crippen LogP contribution in [0.5, 0.6) is 11.5 Å². The molecule has 198 valence electrons. The van der Waals surface area contributed by atoms with Crippen molar-refractivity contribution in [2.75, 3.05) is 7.11 Å². The Balaban J connectivity index is 1.51. The molecule has 3 aromatic carbocycles. The van der Waals surface area contributed by atoms with Crippen LogP contribution in [0.15, 0.2) is 79.4 Å². The summed E-state index contributed by atoms with van der Waals surface area (Å²) in [6, 6.07) is 17.0. The molecule has 0 unspecified atom stereocenters. The zero-order chi connectivity index (χ0) is 27.5. The van der Waals surface area contributed by atoms with Gasteiger partial charge in [0.05, 0.1) is 30.0 Å². The fraction of sp³-hybridized carbons (Fsp3) is 0.143. The molecule has 0 atom stereocenters. The molecule has 9 nitrogen and oxygen atoms in total. The van der Waals surface area contributed by atoms with E-state index in [1.54, 1.807) is 45.8 Å². The van der Waals surface area contributed by atoms with Crippen LogP contribution in [0.4, 0.5) is 8.78 Å². The highest BCUT2D eigenvalue weighted by Crippen LogP contribution is 2.35. The van der Waals surface area contributed by atoms with E-state index in [-0.39, 0.29) is 12.4 Å². The van der Waals surface area contributed by atoms with Crippen LogP contribution >= 0.6 is 0 Å². The minimum atomic E-state index is -3.27. The smallest absolute Gasteiger partial charge is 0.387 e. The normalized spacial score (nSPS) is 11.1. The number of halogens is 2. The van der Waals surface area contributed by atoms with E-state index in [2.05, 4.69) is 14.8 Å². The molecular weight excluding hydrogens is 510 g/mol. The number of nitrogens with zero attached hydrogens (tertiary/aromatic N) is 4. The van der Waals surface area contributed by atoms with Crippen LogP contribution in [-0.2, 0) is 23.2 Å². The number of methoxy groups -OCH3 is 1. The third-order valence-corrected chi connectivity index (χ3v) is 5.98. The highest BCUT2D eigenvalue weighted by molar-refractivity contribution is 6.42. The second-order valence-electron chi connectivity index (χ2n) is 8.51. The number of fused-ring (bicyclic) bond motifs is 1. The van der Waals surface area contributed by atoms with Gasteiger partial charge in [-0.05, 0) is 23.3 Å². The van der Waals surface area contributed by atoms with Crippen LogP contribution < -0.4 is 9.47 Å². The Bertz CT molecular complexity index is 1660. The van der Waals surface area contributed by atoms with E-state index in [1.807, 2.05) is 31.4 Å². The van der Waals surface area contributed by atoms with Crippen LogP contribution in [0, 0.1) is 0 Å². The number of ketones is 1. The first-order valence-electron chi connectivity index (χ1n) is 11.7. The third-order valence-electron chi connectivity index (χ3n) is 5.98. The first-order chi connectivity index (χ1) is 18.8. The van der Waals surface area contributed by atoms with Crippen molar-refractivity contribution in [2.45, 2.75) is 13.2 Å². The number of carbonyl (C=O) groups excluding carboxylic acids is 2. The number of rotatable bonds is 9. The summed E-state index contributed by atoms with van der Waals surface area (Å²) in [5.41, 5.74) is 3.62. The molecule has 2 heterocycles. The van der Waals surface area contributed by atoms with Crippen LogP contribution in [-0.4, -0.2) is 44.8 Å². The molecule has 39 heavy (non-hydrogen) atoms. The van der Waals surface area contributed by atoms with Crippen LogP contribution in [0.1, 0.15) is 15.9 Å². The third kappa shape index (κ3) is 5.33. The first-order valence-corrected chi connectivity index (χ1v) is 11.7. The molecule has 0 aliphatic carbocycles. The van der Waals surface area contributed by atoms with Crippen LogP contribution in [0.2, 0.25) is 0 Å². The number of aromatic nitrogens is 4. The predicted octanol–water partition coefficient (Wildman–Crippen LogP) is 4.96. The average molecular weight is 533 g/mol. The van der Waals surface area contributed by atoms with Gasteiger partial charge in [-0.2, -0.15) is 13.9 Å². The molecular formula is C28H22F2N4O5. The highest BCUT2D eigenvalue weighted by atomic mass is 19.3. The van der Waals surface area contributed by atoms with Crippen molar-refractivity contribution in [3.05, 3.63) is 90.5 Å². The van der Waals surface area contributed by atoms with E-state index >= 15 is 0 Å². The summed E-state index contributed by atoms with van der Waals surface area (Å²) in [5, 5.41) is 4.18. The highest BCUT2D eigenvalue weighted by Gasteiger charge is 2.29. The number of esters is 1. The molecule has 0 saturated heterocycles. The van der Waals surface area contributed by atoms with Crippen molar-refractivity contribution in [3.63, 3.8) is 0 Å². The Hall–Kier alpha value is -5.06. The second-order valence-corrected chi connectivity index (χ2v) is 8.51. The minimum absolute atomic E-state index is 0.140. The number of alkyl halides is 2. The molecule has 5 rings (SSSR count). The lowest BCUT2D eigenvalue weighted by Crippen LogP contribution is -2.20. The van der Waals surface area contributed by atoms with Gasteiger partial charge < -0.3 is 14.2 Å². The van der Waals surface area contributed by atoms with Gasteiger partial charge in [0.1, 0.15) is 30.0 Å². The number of ether oxygens (including phenoxy) is 3. The predicted molar refractivity (Wildman–Crippen MR) is 137 cm³/mol. The number of hydrogen-bond acceptors (Lipinski definition) is 7. The topological polar surface area (TPSA) is 97.5 Å². The number of hydrogen-bond donors (Lipinski definition) is 0. The van der Waals surface area contributed by atoms with Crippen LogP contribution in [0.3, 0.4) is 0 Å². The van der Waals surface area contributed by atoms with Crippen molar-refractivity contribution in [1.82, 2.24) is 19.3 Å². The Morgan fingerprint density at radius 1 is 1.00 bits per heavy atom. The molecule has 0 radical (unpaired) electrons. The largest absolute Gasteiger partial charge is 0.496 e. The molecule has 0 amide bonds. The van der Waals surface area contributed by atoms with E-state index in [0.717, 1.165) is 11.1 Å². The SMILES string of the molecule is COc1cc(-n2cnc3cc(-c4cnn(C)c4)ccc32)cc(OC(F)F)c1C(=O)C(=O)OCc1ccccc1. The Kier molecular flexibility index (Phi) is 7.04. The lowest BCUT2D eigenvalue weighted by molar-refractivity contribution is -0.139. The molecule has 0 N–H and O–H groups in total. The number of benzene rings is 3. The van der Waals surface area contributed by atoms with E-state index in [1.165, 1.54) is 25.6 Å². The zero-order valence-electron chi connectivity index (χ0n) is 20.9. The maximum absolute atomic E-state index is 13.4. The van der Waals surface area contributed by atoms with Gasteiger partial charge >= 0.3 is 12.6 Å². The molecule has 0 aliphatic rings. The zero-order valence-corrected chi connectivity index (χ0v) is 20.9. The standard InChI is InChI=1S/C28H22F2N4O5/c1-33-14-19(13-32-33)18-8-9-22-21(10-18)31-16-34(22)20-11-23(37-2)25(24(12-20)39-28(29)30)26(35)27(36)38-15-17-6-4-3-5-7-17/h3-14,16,28H,15H2,1-2H3. The lowest BCUT2D eigenvalue weighted by atomic mass is 10.1. The molecule has 0 fully saturated rings. The minimum Gasteiger partial charge on any atom is -0.496 e. The number of imidazole rings is 1. The summed E-state index contributed by atoms with van der Waals surface area (Å²) in [4.78, 5) is 30.0. The van der Waals surface area contributed by atoms with E-state index < -0.39 is 29.7 Å². The molecule has 0 bridgehead atoms. The van der Waals surface area contributed by atoms with E-state index in [9.17, 15) is 18.4 Å². The average Bonchev–Trinajstić information content (AvgIpc) is 3.57. The molecule has 2 aromatic heterocycles. The van der Waals surface area contributed by atoms with Gasteiger partial charge in [0.15, 0.2) is 0 Å². The van der Waals surface area contributed by atoms with Gasteiger partial charge in [-0.3, -0.25) is 14.0 Å². The number of Topliss-reactive ketones (excluding diaryl/α,β-unsaturated/α-hetero) is 1. The van der Waals surface area contributed by atoms with Crippen molar-refractivity contribution >= 4 is 22.8 Å². The summed E-state index contributed by atoms with van der Waals surface area (Å²) < 4.78 is 45.2. The van der Waals surface area contributed by atoms with Gasteiger partial charge in [0.2, 0.25) is 0 Å². The summed E-state index contributed by atoms with van der Waals surface area (Å²) in [5.74, 6) is -3.09. The van der Waals surface area contributed by atoms with Gasteiger partial charge in [0.25, 0.3) is 5.78 Å². The molecule has 0 saturated carbocycles. The van der Waals surface area contributed by atoms with Gasteiger partial charge in [0, 0.05) is 30.9 Å². The maximum atomic E-state index is 13.4. The molecule has 0 aliphatic heterocycles. The van der Waals surface area contributed by atoms with E-state index in [4.69, 9.17) is 9.47 Å². The lowest BCUT2D eigenvalue weighted by Gasteiger charge is -2.16. The van der Waals surface area contributed by atoms with Crippen molar-refractivity contribution in [3.8, 4) is 28.3 Å². The summed E-state index contributed by atoms with van der Waals surface area (Å²) >= 11 is 0. The fourth-order valence-electron chi connectivity index (χ4n) is 4.15. The summed E-state index contributed by atoms with van der Waals surface area (Å²) in [6.45, 7) is -3.43. The monoisotopic (exact) mass is 532 g/mol. The summed E-state index contributed by atoms with van der Waals surface area (Å²) in [7, 11) is 3.07. The van der Waals surface area contributed by atoms with Gasteiger partial charge in [-0.25, -0.2) is 9.78 Å². The maximum Gasteiger partial charge on any atom is 0.387 e. The van der Waals surface area contributed by atoms with Gasteiger partial charge in [-0.15, -0.1) is 0 Å². The van der Waals surface area contributed by atoms with Crippen molar-refractivity contribution in [2.24, 2.45) is 7.05 Å². The second kappa shape index (κ2) is 10.7. The quantitative estimate of drug-likeness (QED) is 0.150. The Morgan fingerprint density at radius 2 is 1.77 bits per heavy atom. The van der Waals surface area contributed by atoms with Crippen LogP contribution in [0.25, 0.3) is 27.8 Å². The molecule has 11 heteroatoms. The van der Waals surface area contributed by atoms with Crippen molar-refractivity contribution < 1.29 is 32.6 Å². The fourth-order valence-corrected chi connectivity index (χ4v) is 4.15. The summed E-state index contributed by atoms with van der Waals surface area (Å²) in [6.07, 6.45) is 5.11. The Labute approximate surface area is 221 Å². The Morgan fingerprint density at radius 3 is 2.46 bits per heavy atom. The molecule has 5 aromatic rings. The number of carbonyl (C=O) groups is 2. The van der Waals surface area contributed by atoms with E-state index in [0.29, 0.717) is 22.3 Å².